The SMILES string of the molecule is COc1cnc(C)c(F)c1-c1cc(C)ncc1C(=O)Nc1nnc(OCC23CCC(O)(CC2)C3)s1. The van der Waals surface area contributed by atoms with Crippen LogP contribution in [0, 0.1) is 25.1 Å². The molecule has 2 saturated carbocycles. The van der Waals surface area contributed by atoms with Gasteiger partial charge < -0.3 is 14.6 Å². The molecule has 1 amide bonds. The fourth-order valence-corrected chi connectivity index (χ4v) is 5.70. The molecule has 0 aliphatic heterocycles. The number of aryl methyl sites for hydroxylation is 2. The van der Waals surface area contributed by atoms with Gasteiger partial charge in [0.15, 0.2) is 5.82 Å². The van der Waals surface area contributed by atoms with E-state index < -0.39 is 17.3 Å². The Kier molecular flexibility index (Phi) is 5.92. The fraction of sp³-hybridized carbons (Fsp3) is 0.458. The molecule has 5 rings (SSSR count). The number of fused-ring (bicyclic) bond motifs is 2. The molecule has 3 heterocycles. The average Bonchev–Trinajstić information content (AvgIpc) is 3.52. The van der Waals surface area contributed by atoms with Crippen LogP contribution in [0.1, 0.15) is 53.8 Å². The summed E-state index contributed by atoms with van der Waals surface area (Å²) < 4.78 is 26.3. The molecule has 35 heavy (non-hydrogen) atoms. The molecule has 11 heteroatoms. The Morgan fingerprint density at radius 3 is 2.66 bits per heavy atom. The Labute approximate surface area is 205 Å². The molecule has 0 saturated heterocycles. The standard InChI is InChI=1S/C24H26FN5O4S/c1-13-8-15(18-17(33-3)10-27-14(2)19(18)25)16(9-26-13)20(31)28-21-29-30-22(35-21)34-12-23-4-6-24(32,11-23)7-5-23/h8-10,32H,4-7,11-12H2,1-3H3,(H,28,29,31). The van der Waals surface area contributed by atoms with Crippen LogP contribution < -0.4 is 14.8 Å². The van der Waals surface area contributed by atoms with E-state index in [0.29, 0.717) is 23.1 Å². The van der Waals surface area contributed by atoms with Gasteiger partial charge in [0, 0.05) is 22.9 Å². The molecule has 0 unspecified atom stereocenters. The second-order valence-corrected chi connectivity index (χ2v) is 10.4. The molecular formula is C24H26FN5O4S. The molecule has 0 aromatic carbocycles. The number of carbonyl (C=O) groups is 1. The topological polar surface area (TPSA) is 119 Å². The predicted molar refractivity (Wildman–Crippen MR) is 127 cm³/mol. The van der Waals surface area contributed by atoms with Gasteiger partial charge in [-0.05, 0) is 63.4 Å². The first-order valence-corrected chi connectivity index (χ1v) is 12.2. The molecule has 3 aromatic heterocycles. The normalized spacial score (nSPS) is 22.9. The molecule has 0 atom stereocenters. The number of rotatable bonds is 7. The van der Waals surface area contributed by atoms with Gasteiger partial charge in [-0.3, -0.25) is 20.1 Å². The minimum atomic E-state index is -0.569. The van der Waals surface area contributed by atoms with Gasteiger partial charge in [-0.2, -0.15) is 0 Å². The summed E-state index contributed by atoms with van der Waals surface area (Å²) in [5.41, 5.74) is 0.885. The van der Waals surface area contributed by atoms with E-state index in [4.69, 9.17) is 9.47 Å². The second kappa shape index (κ2) is 8.80. The van der Waals surface area contributed by atoms with Crippen molar-refractivity contribution >= 4 is 22.4 Å². The lowest BCUT2D eigenvalue weighted by Crippen LogP contribution is -2.23. The Morgan fingerprint density at radius 2 is 1.97 bits per heavy atom. The van der Waals surface area contributed by atoms with Crippen LogP contribution in [-0.4, -0.2) is 50.5 Å². The highest BCUT2D eigenvalue weighted by molar-refractivity contribution is 7.17. The van der Waals surface area contributed by atoms with E-state index >= 15 is 4.39 Å². The van der Waals surface area contributed by atoms with Crippen molar-refractivity contribution in [3.63, 3.8) is 0 Å². The predicted octanol–water partition coefficient (Wildman–Crippen LogP) is 4.09. The number of anilines is 1. The number of aliphatic hydroxyl groups is 1. The number of nitrogens with one attached hydrogen (secondary N) is 1. The maximum absolute atomic E-state index is 15.1. The van der Waals surface area contributed by atoms with E-state index in [-0.39, 0.29) is 33.1 Å². The molecule has 3 aromatic rings. The van der Waals surface area contributed by atoms with Crippen molar-refractivity contribution in [1.82, 2.24) is 20.2 Å². The maximum Gasteiger partial charge on any atom is 0.295 e. The summed E-state index contributed by atoms with van der Waals surface area (Å²) in [5, 5.41) is 21.8. The number of hydrogen-bond donors (Lipinski definition) is 2. The molecular weight excluding hydrogens is 473 g/mol. The fourth-order valence-electron chi connectivity index (χ4n) is 5.11. The van der Waals surface area contributed by atoms with Crippen molar-refractivity contribution in [3.05, 3.63) is 41.2 Å². The van der Waals surface area contributed by atoms with Gasteiger partial charge in [0.1, 0.15) is 5.75 Å². The number of carbonyl (C=O) groups excluding carboxylic acids is 1. The molecule has 2 fully saturated rings. The summed E-state index contributed by atoms with van der Waals surface area (Å²) in [6, 6.07) is 1.63. The van der Waals surface area contributed by atoms with E-state index in [1.807, 2.05) is 0 Å². The van der Waals surface area contributed by atoms with E-state index in [1.54, 1.807) is 19.9 Å². The Balaban J connectivity index is 1.35. The number of methoxy groups -OCH3 is 1. The first-order valence-electron chi connectivity index (χ1n) is 11.4. The van der Waals surface area contributed by atoms with Crippen molar-refractivity contribution in [2.45, 2.75) is 51.6 Å². The monoisotopic (exact) mass is 499 g/mol. The zero-order valence-electron chi connectivity index (χ0n) is 19.7. The Hall–Kier alpha value is -3.18. The van der Waals surface area contributed by atoms with Gasteiger partial charge >= 0.3 is 0 Å². The molecule has 9 nitrogen and oxygen atoms in total. The number of hydrogen-bond acceptors (Lipinski definition) is 9. The lowest BCUT2D eigenvalue weighted by atomic mass is 9.85. The van der Waals surface area contributed by atoms with Gasteiger partial charge in [-0.15, -0.1) is 5.10 Å². The summed E-state index contributed by atoms with van der Waals surface area (Å²) in [6.07, 6.45) is 7.06. The van der Waals surface area contributed by atoms with Crippen LogP contribution in [0.15, 0.2) is 18.5 Å². The van der Waals surface area contributed by atoms with Crippen LogP contribution in [0.3, 0.4) is 0 Å². The highest BCUT2D eigenvalue weighted by atomic mass is 32.1. The quantitative estimate of drug-likeness (QED) is 0.499. The average molecular weight is 500 g/mol. The van der Waals surface area contributed by atoms with E-state index in [0.717, 1.165) is 43.4 Å². The Bertz CT molecular complexity index is 1290. The highest BCUT2D eigenvalue weighted by Gasteiger charge is 2.53. The highest BCUT2D eigenvalue weighted by Crippen LogP contribution is 2.56. The van der Waals surface area contributed by atoms with Crippen LogP contribution in [0.2, 0.25) is 0 Å². The maximum atomic E-state index is 15.1. The number of pyridine rings is 2. The molecule has 2 N–H and O–H groups in total. The molecule has 2 bridgehead atoms. The molecule has 0 spiro atoms. The number of halogens is 1. The van der Waals surface area contributed by atoms with Crippen LogP contribution >= 0.6 is 11.3 Å². The van der Waals surface area contributed by atoms with Gasteiger partial charge in [0.25, 0.3) is 11.1 Å². The van der Waals surface area contributed by atoms with Crippen molar-refractivity contribution in [1.29, 1.82) is 0 Å². The number of nitrogens with zero attached hydrogens (tertiary/aromatic N) is 4. The minimum absolute atomic E-state index is 0.0158. The lowest BCUT2D eigenvalue weighted by Gasteiger charge is -2.25. The minimum Gasteiger partial charge on any atom is -0.494 e. The first-order chi connectivity index (χ1) is 16.7. The van der Waals surface area contributed by atoms with Crippen LogP contribution in [-0.2, 0) is 0 Å². The summed E-state index contributed by atoms with van der Waals surface area (Å²) in [6.45, 7) is 3.77. The van der Waals surface area contributed by atoms with E-state index in [9.17, 15) is 9.90 Å². The summed E-state index contributed by atoms with van der Waals surface area (Å²) in [7, 11) is 1.42. The molecule has 184 valence electrons. The second-order valence-electron chi connectivity index (χ2n) is 9.49. The number of amides is 1. The van der Waals surface area contributed by atoms with Crippen molar-refractivity contribution in [3.8, 4) is 22.1 Å². The summed E-state index contributed by atoms with van der Waals surface area (Å²) in [4.78, 5) is 21.4. The van der Waals surface area contributed by atoms with E-state index in [1.165, 1.54) is 19.5 Å². The van der Waals surface area contributed by atoms with E-state index in [2.05, 4.69) is 25.5 Å². The smallest absolute Gasteiger partial charge is 0.295 e. The van der Waals surface area contributed by atoms with Crippen LogP contribution in [0.25, 0.3) is 11.1 Å². The summed E-state index contributed by atoms with van der Waals surface area (Å²) >= 11 is 1.11. The zero-order valence-corrected chi connectivity index (χ0v) is 20.5. The largest absolute Gasteiger partial charge is 0.494 e. The van der Waals surface area contributed by atoms with Gasteiger partial charge in [0.2, 0.25) is 5.13 Å². The summed E-state index contributed by atoms with van der Waals surface area (Å²) in [5.74, 6) is -0.869. The van der Waals surface area contributed by atoms with Crippen LogP contribution in [0.5, 0.6) is 10.9 Å². The molecule has 0 radical (unpaired) electrons. The number of ether oxygens (including phenoxy) is 2. The number of aromatic nitrogens is 4. The third kappa shape index (κ3) is 4.45. The van der Waals surface area contributed by atoms with Crippen molar-refractivity contribution < 1.29 is 23.8 Å². The van der Waals surface area contributed by atoms with Crippen molar-refractivity contribution in [2.75, 3.05) is 19.0 Å². The van der Waals surface area contributed by atoms with Gasteiger partial charge in [-0.1, -0.05) is 5.10 Å². The lowest BCUT2D eigenvalue weighted by molar-refractivity contribution is 0.0520. The van der Waals surface area contributed by atoms with Crippen LogP contribution in [0.4, 0.5) is 9.52 Å². The molecule has 2 aliphatic rings. The molecule has 2 aliphatic carbocycles. The van der Waals surface area contributed by atoms with Crippen molar-refractivity contribution in [2.24, 2.45) is 5.41 Å². The Morgan fingerprint density at radius 1 is 1.20 bits per heavy atom. The zero-order chi connectivity index (χ0) is 24.8. The van der Waals surface area contributed by atoms with Gasteiger partial charge in [0.05, 0.1) is 42.3 Å². The third-order valence-corrected chi connectivity index (χ3v) is 7.76. The first kappa shape index (κ1) is 23.6. The van der Waals surface area contributed by atoms with Gasteiger partial charge in [-0.25, -0.2) is 4.39 Å². The third-order valence-electron chi connectivity index (χ3n) is 7.01.